The molecule has 0 spiro atoms. The van der Waals surface area contributed by atoms with Gasteiger partial charge in [-0.2, -0.15) is 0 Å². The molecule has 0 saturated carbocycles. The van der Waals surface area contributed by atoms with Crippen molar-refractivity contribution in [2.24, 2.45) is 0 Å². The van der Waals surface area contributed by atoms with E-state index in [2.05, 4.69) is 36.0 Å². The van der Waals surface area contributed by atoms with Crippen LogP contribution in [0.25, 0.3) is 0 Å². The van der Waals surface area contributed by atoms with Crippen molar-refractivity contribution in [3.05, 3.63) is 28.3 Å². The van der Waals surface area contributed by atoms with Gasteiger partial charge in [0.1, 0.15) is 0 Å². The third-order valence-corrected chi connectivity index (χ3v) is 3.85. The molecule has 0 amide bonds. The van der Waals surface area contributed by atoms with Crippen LogP contribution >= 0.6 is 0 Å². The first-order chi connectivity index (χ1) is 10.0. The van der Waals surface area contributed by atoms with E-state index in [0.29, 0.717) is 6.04 Å². The van der Waals surface area contributed by atoms with Gasteiger partial charge in [0, 0.05) is 55.7 Å². The number of piperazine rings is 1. The lowest BCUT2D eigenvalue weighted by Crippen LogP contribution is -2.50. The fourth-order valence-corrected chi connectivity index (χ4v) is 2.76. The SMILES string of the molecule is CCCNc1cc(N2CCN(C)CC2C)cc([N+](=O)[O-])c1. The summed E-state index contributed by atoms with van der Waals surface area (Å²) in [6.45, 7) is 7.90. The molecule has 116 valence electrons. The number of nitrogens with zero attached hydrogens (tertiary/aromatic N) is 3. The molecule has 1 saturated heterocycles. The summed E-state index contributed by atoms with van der Waals surface area (Å²) in [5, 5.41) is 14.4. The number of nitro groups is 1. The second-order valence-electron chi connectivity index (χ2n) is 5.73. The fourth-order valence-electron chi connectivity index (χ4n) is 2.76. The maximum Gasteiger partial charge on any atom is 0.273 e. The third-order valence-electron chi connectivity index (χ3n) is 3.85. The van der Waals surface area contributed by atoms with Crippen molar-refractivity contribution in [2.75, 3.05) is 43.4 Å². The van der Waals surface area contributed by atoms with Crippen molar-refractivity contribution in [2.45, 2.75) is 26.3 Å². The first kappa shape index (κ1) is 15.6. The van der Waals surface area contributed by atoms with E-state index in [1.54, 1.807) is 12.1 Å². The van der Waals surface area contributed by atoms with E-state index in [1.807, 2.05) is 6.07 Å². The summed E-state index contributed by atoms with van der Waals surface area (Å²) in [5.41, 5.74) is 1.91. The van der Waals surface area contributed by atoms with Gasteiger partial charge in [-0.05, 0) is 26.5 Å². The monoisotopic (exact) mass is 292 g/mol. The summed E-state index contributed by atoms with van der Waals surface area (Å²) >= 11 is 0. The van der Waals surface area contributed by atoms with Crippen molar-refractivity contribution in [3.63, 3.8) is 0 Å². The quantitative estimate of drug-likeness (QED) is 0.667. The Balaban J connectivity index is 2.28. The van der Waals surface area contributed by atoms with Crippen molar-refractivity contribution >= 4 is 17.1 Å². The van der Waals surface area contributed by atoms with E-state index < -0.39 is 0 Å². The zero-order chi connectivity index (χ0) is 15.4. The van der Waals surface area contributed by atoms with Gasteiger partial charge in [0.15, 0.2) is 0 Å². The second kappa shape index (κ2) is 6.76. The second-order valence-corrected chi connectivity index (χ2v) is 5.73. The third kappa shape index (κ3) is 3.85. The first-order valence-corrected chi connectivity index (χ1v) is 7.49. The molecular weight excluding hydrogens is 268 g/mol. The molecule has 0 aromatic heterocycles. The van der Waals surface area contributed by atoms with Crippen LogP contribution in [-0.2, 0) is 0 Å². The highest BCUT2D eigenvalue weighted by Crippen LogP contribution is 2.29. The molecule has 1 N–H and O–H groups in total. The fraction of sp³-hybridized carbons (Fsp3) is 0.600. The summed E-state index contributed by atoms with van der Waals surface area (Å²) in [6.07, 6.45) is 0.989. The van der Waals surface area contributed by atoms with Gasteiger partial charge in [0.25, 0.3) is 5.69 Å². The van der Waals surface area contributed by atoms with Gasteiger partial charge in [0.05, 0.1) is 4.92 Å². The van der Waals surface area contributed by atoms with Gasteiger partial charge in [0.2, 0.25) is 0 Å². The highest BCUT2D eigenvalue weighted by molar-refractivity contribution is 5.65. The maximum absolute atomic E-state index is 11.1. The van der Waals surface area contributed by atoms with Crippen LogP contribution in [0.4, 0.5) is 17.1 Å². The predicted octanol–water partition coefficient (Wildman–Crippen LogP) is 2.56. The zero-order valence-corrected chi connectivity index (χ0v) is 13.0. The van der Waals surface area contributed by atoms with Gasteiger partial charge in [-0.25, -0.2) is 0 Å². The average molecular weight is 292 g/mol. The minimum absolute atomic E-state index is 0.150. The number of hydrogen-bond donors (Lipinski definition) is 1. The van der Waals surface area contributed by atoms with E-state index in [0.717, 1.165) is 44.0 Å². The lowest BCUT2D eigenvalue weighted by molar-refractivity contribution is -0.384. The van der Waals surface area contributed by atoms with Crippen LogP contribution in [0.3, 0.4) is 0 Å². The topological polar surface area (TPSA) is 61.6 Å². The largest absolute Gasteiger partial charge is 0.385 e. The lowest BCUT2D eigenvalue weighted by atomic mass is 10.1. The Morgan fingerprint density at radius 3 is 2.76 bits per heavy atom. The number of rotatable bonds is 5. The summed E-state index contributed by atoms with van der Waals surface area (Å²) in [6, 6.07) is 5.66. The molecule has 1 unspecified atom stereocenters. The van der Waals surface area contributed by atoms with E-state index >= 15 is 0 Å². The van der Waals surface area contributed by atoms with Crippen LogP contribution < -0.4 is 10.2 Å². The molecule has 0 radical (unpaired) electrons. The molecule has 21 heavy (non-hydrogen) atoms. The van der Waals surface area contributed by atoms with Crippen LogP contribution in [0.5, 0.6) is 0 Å². The number of likely N-dealkylation sites (N-methyl/N-ethyl adjacent to an activating group) is 1. The lowest BCUT2D eigenvalue weighted by Gasteiger charge is -2.39. The molecule has 6 nitrogen and oxygen atoms in total. The Hall–Kier alpha value is -1.82. The number of nitrogens with one attached hydrogen (secondary N) is 1. The minimum Gasteiger partial charge on any atom is -0.385 e. The minimum atomic E-state index is -0.318. The van der Waals surface area contributed by atoms with Gasteiger partial charge in [-0.1, -0.05) is 6.92 Å². The Morgan fingerprint density at radius 1 is 1.38 bits per heavy atom. The van der Waals surface area contributed by atoms with Gasteiger partial charge in [-0.3, -0.25) is 10.1 Å². The Labute approximate surface area is 125 Å². The predicted molar refractivity (Wildman–Crippen MR) is 86.2 cm³/mol. The van der Waals surface area contributed by atoms with Crippen molar-refractivity contribution in [3.8, 4) is 0 Å². The normalized spacial score (nSPS) is 19.6. The molecule has 1 aromatic carbocycles. The summed E-state index contributed by atoms with van der Waals surface area (Å²) in [4.78, 5) is 15.4. The molecule has 1 heterocycles. The van der Waals surface area contributed by atoms with Crippen LogP contribution in [-0.4, -0.2) is 49.1 Å². The van der Waals surface area contributed by atoms with E-state index in [4.69, 9.17) is 0 Å². The Morgan fingerprint density at radius 2 is 2.14 bits per heavy atom. The van der Waals surface area contributed by atoms with Crippen molar-refractivity contribution < 1.29 is 4.92 Å². The van der Waals surface area contributed by atoms with Crippen LogP contribution in [0.2, 0.25) is 0 Å². The Kier molecular flexibility index (Phi) is 5.01. The Bertz CT molecular complexity index is 506. The number of non-ortho nitro benzene ring substituents is 1. The number of nitro benzene ring substituents is 1. The molecule has 1 aliphatic heterocycles. The molecule has 1 aliphatic rings. The van der Waals surface area contributed by atoms with Crippen LogP contribution in [0.1, 0.15) is 20.3 Å². The molecule has 1 fully saturated rings. The first-order valence-electron chi connectivity index (χ1n) is 7.49. The molecule has 1 atom stereocenters. The standard InChI is InChI=1S/C15H24N4O2/c1-4-5-16-13-8-14(10-15(9-13)19(20)21)18-7-6-17(3)11-12(18)2/h8-10,12,16H,4-7,11H2,1-3H3. The summed E-state index contributed by atoms with van der Waals surface area (Å²) < 4.78 is 0. The highest BCUT2D eigenvalue weighted by Gasteiger charge is 2.23. The zero-order valence-electron chi connectivity index (χ0n) is 13.0. The van der Waals surface area contributed by atoms with Crippen LogP contribution in [0.15, 0.2) is 18.2 Å². The molecule has 1 aromatic rings. The average Bonchev–Trinajstić information content (AvgIpc) is 2.44. The number of hydrogen-bond acceptors (Lipinski definition) is 5. The van der Waals surface area contributed by atoms with Gasteiger partial charge >= 0.3 is 0 Å². The van der Waals surface area contributed by atoms with Crippen molar-refractivity contribution in [1.29, 1.82) is 0 Å². The highest BCUT2D eigenvalue weighted by atomic mass is 16.6. The number of anilines is 2. The molecule has 0 aliphatic carbocycles. The summed E-state index contributed by atoms with van der Waals surface area (Å²) in [5.74, 6) is 0. The molecule has 6 heteroatoms. The summed E-state index contributed by atoms with van der Waals surface area (Å²) in [7, 11) is 2.11. The van der Waals surface area contributed by atoms with E-state index in [-0.39, 0.29) is 10.6 Å². The van der Waals surface area contributed by atoms with Crippen molar-refractivity contribution in [1.82, 2.24) is 4.90 Å². The molecule has 2 rings (SSSR count). The van der Waals surface area contributed by atoms with Gasteiger partial charge < -0.3 is 15.1 Å². The number of benzene rings is 1. The van der Waals surface area contributed by atoms with E-state index in [9.17, 15) is 10.1 Å². The molecular formula is C15H24N4O2. The smallest absolute Gasteiger partial charge is 0.273 e. The van der Waals surface area contributed by atoms with Crippen LogP contribution in [0, 0.1) is 10.1 Å². The molecule has 0 bridgehead atoms. The maximum atomic E-state index is 11.1. The van der Waals surface area contributed by atoms with E-state index in [1.165, 1.54) is 0 Å². The van der Waals surface area contributed by atoms with Gasteiger partial charge in [-0.15, -0.1) is 0 Å².